The third-order valence-electron chi connectivity index (χ3n) is 3.62. The van der Waals surface area contributed by atoms with Gasteiger partial charge in [0.25, 0.3) is 0 Å². The summed E-state index contributed by atoms with van der Waals surface area (Å²) in [6.07, 6.45) is 1.85. The van der Waals surface area contributed by atoms with E-state index in [-0.39, 0.29) is 5.60 Å². The molecule has 0 aliphatic carbocycles. The molecule has 1 aromatic carbocycles. The predicted octanol–water partition coefficient (Wildman–Crippen LogP) is 3.62. The molecule has 4 heteroatoms. The largest absolute Gasteiger partial charge is 0.483 e. The average Bonchev–Trinajstić information content (AvgIpc) is 2.39. The highest BCUT2D eigenvalue weighted by atomic mass is 35.5. The molecule has 18 heavy (non-hydrogen) atoms. The Morgan fingerprint density at radius 3 is 2.78 bits per heavy atom. The number of hydrogen-bond donors (Lipinski definition) is 0. The van der Waals surface area contributed by atoms with E-state index in [9.17, 15) is 0 Å². The molecule has 1 heterocycles. The fourth-order valence-electron chi connectivity index (χ4n) is 2.37. The molecule has 0 saturated heterocycles. The van der Waals surface area contributed by atoms with Gasteiger partial charge in [0, 0.05) is 5.02 Å². The molecule has 0 radical (unpaired) electrons. The summed E-state index contributed by atoms with van der Waals surface area (Å²) in [6, 6.07) is 7.79. The highest BCUT2D eigenvalue weighted by Crippen LogP contribution is 2.40. The summed E-state index contributed by atoms with van der Waals surface area (Å²) >= 11 is 6.02. The first-order chi connectivity index (χ1) is 8.64. The first-order valence-electron chi connectivity index (χ1n) is 6.24. The number of hydrogen-bond acceptors (Lipinski definition) is 3. The number of nitrogens with zero attached hydrogens (tertiary/aromatic N) is 2. The number of rotatable bonds is 3. The lowest BCUT2D eigenvalue weighted by molar-refractivity contribution is 0.0583. The van der Waals surface area contributed by atoms with Gasteiger partial charge >= 0.3 is 0 Å². The summed E-state index contributed by atoms with van der Waals surface area (Å²) in [7, 11) is 0. The van der Waals surface area contributed by atoms with Gasteiger partial charge in [-0.25, -0.2) is 0 Å². The van der Waals surface area contributed by atoms with Gasteiger partial charge in [-0.3, -0.25) is 0 Å². The van der Waals surface area contributed by atoms with Crippen molar-refractivity contribution >= 4 is 17.3 Å². The fraction of sp³-hybridized carbons (Fsp3) is 0.500. The van der Waals surface area contributed by atoms with E-state index in [1.165, 1.54) is 0 Å². The van der Waals surface area contributed by atoms with Crippen molar-refractivity contribution in [1.29, 1.82) is 5.26 Å². The molecule has 0 N–H and O–H groups in total. The summed E-state index contributed by atoms with van der Waals surface area (Å²) in [6.45, 7) is 5.34. The molecule has 0 unspecified atom stereocenters. The quantitative estimate of drug-likeness (QED) is 0.783. The van der Waals surface area contributed by atoms with Gasteiger partial charge in [0.2, 0.25) is 0 Å². The molecule has 2 rings (SSSR count). The normalized spacial score (nSPS) is 16.7. The SMILES string of the molecule is CCC1(CC)CN(CC#N)c2cc(Cl)ccc2O1. The molecule has 3 nitrogen and oxygen atoms in total. The zero-order valence-electron chi connectivity index (χ0n) is 10.7. The number of fused-ring (bicyclic) bond motifs is 1. The Balaban J connectivity index is 2.43. The van der Waals surface area contributed by atoms with Crippen molar-refractivity contribution in [3.8, 4) is 11.8 Å². The smallest absolute Gasteiger partial charge is 0.143 e. The number of nitriles is 1. The van der Waals surface area contributed by atoms with Crippen LogP contribution in [0.25, 0.3) is 0 Å². The van der Waals surface area contributed by atoms with Gasteiger partial charge < -0.3 is 9.64 Å². The van der Waals surface area contributed by atoms with Crippen LogP contribution in [0.4, 0.5) is 5.69 Å². The molecule has 0 atom stereocenters. The van der Waals surface area contributed by atoms with Crippen LogP contribution in [0.1, 0.15) is 26.7 Å². The molecule has 1 aromatic rings. The number of anilines is 1. The Kier molecular flexibility index (Phi) is 3.68. The van der Waals surface area contributed by atoms with Crippen LogP contribution in [0.3, 0.4) is 0 Å². The molecule has 96 valence electrons. The van der Waals surface area contributed by atoms with Gasteiger partial charge in [0.15, 0.2) is 0 Å². The number of ether oxygens (including phenoxy) is 1. The van der Waals surface area contributed by atoms with Gasteiger partial charge in [-0.05, 0) is 31.0 Å². The maximum Gasteiger partial charge on any atom is 0.143 e. The molecule has 0 aromatic heterocycles. The first kappa shape index (κ1) is 13.0. The van der Waals surface area contributed by atoms with Gasteiger partial charge in [0.05, 0.1) is 18.3 Å². The minimum absolute atomic E-state index is 0.197. The van der Waals surface area contributed by atoms with Gasteiger partial charge in [-0.1, -0.05) is 25.4 Å². The third-order valence-corrected chi connectivity index (χ3v) is 3.85. The highest BCUT2D eigenvalue weighted by molar-refractivity contribution is 6.30. The molecule has 0 bridgehead atoms. The number of benzene rings is 1. The lowest BCUT2D eigenvalue weighted by Crippen LogP contribution is -2.50. The minimum Gasteiger partial charge on any atom is -0.483 e. The molecule has 0 fully saturated rings. The summed E-state index contributed by atoms with van der Waals surface area (Å²) in [5.74, 6) is 0.824. The Morgan fingerprint density at radius 2 is 2.17 bits per heavy atom. The van der Waals surface area contributed by atoms with Crippen molar-refractivity contribution in [3.05, 3.63) is 23.2 Å². The maximum atomic E-state index is 8.96. The van der Waals surface area contributed by atoms with E-state index in [1.807, 2.05) is 18.2 Å². The second kappa shape index (κ2) is 5.07. The van der Waals surface area contributed by atoms with E-state index in [0.29, 0.717) is 11.6 Å². The monoisotopic (exact) mass is 264 g/mol. The van der Waals surface area contributed by atoms with Crippen molar-refractivity contribution in [2.24, 2.45) is 0 Å². The maximum absolute atomic E-state index is 8.96. The van der Waals surface area contributed by atoms with Crippen molar-refractivity contribution < 1.29 is 4.74 Å². The van der Waals surface area contributed by atoms with E-state index < -0.39 is 0 Å². The molecule has 0 amide bonds. The fourth-order valence-corrected chi connectivity index (χ4v) is 2.53. The highest BCUT2D eigenvalue weighted by Gasteiger charge is 2.36. The van der Waals surface area contributed by atoms with E-state index in [0.717, 1.165) is 30.8 Å². The second-order valence-electron chi connectivity index (χ2n) is 4.62. The van der Waals surface area contributed by atoms with Gasteiger partial charge in [0.1, 0.15) is 17.9 Å². The molecule has 1 aliphatic rings. The van der Waals surface area contributed by atoms with Crippen molar-refractivity contribution in [3.63, 3.8) is 0 Å². The zero-order chi connectivity index (χ0) is 13.2. The second-order valence-corrected chi connectivity index (χ2v) is 5.05. The van der Waals surface area contributed by atoms with Gasteiger partial charge in [-0.15, -0.1) is 0 Å². The molecule has 0 spiro atoms. The van der Waals surface area contributed by atoms with E-state index >= 15 is 0 Å². The zero-order valence-corrected chi connectivity index (χ0v) is 11.5. The van der Waals surface area contributed by atoms with Crippen LogP contribution in [-0.4, -0.2) is 18.7 Å². The lowest BCUT2D eigenvalue weighted by atomic mass is 9.94. The van der Waals surface area contributed by atoms with Crippen molar-refractivity contribution in [2.45, 2.75) is 32.3 Å². The van der Waals surface area contributed by atoms with E-state index in [2.05, 4.69) is 24.8 Å². The molecule has 0 saturated carbocycles. The van der Waals surface area contributed by atoms with Crippen LogP contribution < -0.4 is 9.64 Å². The predicted molar refractivity (Wildman–Crippen MR) is 73.2 cm³/mol. The van der Waals surface area contributed by atoms with Crippen LogP contribution in [-0.2, 0) is 0 Å². The lowest BCUT2D eigenvalue weighted by Gasteiger charge is -2.43. The van der Waals surface area contributed by atoms with Gasteiger partial charge in [-0.2, -0.15) is 5.26 Å². The topological polar surface area (TPSA) is 36.3 Å². The van der Waals surface area contributed by atoms with Crippen LogP contribution in [0.5, 0.6) is 5.75 Å². The van der Waals surface area contributed by atoms with Crippen molar-refractivity contribution in [2.75, 3.05) is 18.0 Å². The minimum atomic E-state index is -0.197. The van der Waals surface area contributed by atoms with E-state index in [1.54, 1.807) is 0 Å². The Hall–Kier alpha value is -1.40. The van der Waals surface area contributed by atoms with Crippen LogP contribution in [0.2, 0.25) is 5.02 Å². The molecule has 1 aliphatic heterocycles. The van der Waals surface area contributed by atoms with E-state index in [4.69, 9.17) is 21.6 Å². The molecular weight excluding hydrogens is 248 g/mol. The van der Waals surface area contributed by atoms with Crippen LogP contribution in [0.15, 0.2) is 18.2 Å². The summed E-state index contributed by atoms with van der Waals surface area (Å²) < 4.78 is 6.14. The summed E-state index contributed by atoms with van der Waals surface area (Å²) in [4.78, 5) is 2.05. The van der Waals surface area contributed by atoms with Crippen LogP contribution >= 0.6 is 11.6 Å². The molecular formula is C14H17ClN2O. The average molecular weight is 265 g/mol. The third kappa shape index (κ3) is 2.26. The first-order valence-corrected chi connectivity index (χ1v) is 6.62. The Bertz CT molecular complexity index is 477. The summed E-state index contributed by atoms with van der Waals surface area (Å²) in [5, 5.41) is 9.63. The Morgan fingerprint density at radius 1 is 1.44 bits per heavy atom. The summed E-state index contributed by atoms with van der Waals surface area (Å²) in [5.41, 5.74) is 0.721. The Labute approximate surface area is 113 Å². The van der Waals surface area contributed by atoms with Crippen molar-refractivity contribution in [1.82, 2.24) is 0 Å². The standard InChI is InChI=1S/C14H17ClN2O/c1-3-14(4-2)10-17(8-7-16)12-9-11(15)5-6-13(12)18-14/h5-6,9H,3-4,8,10H2,1-2H3. The van der Waals surface area contributed by atoms with Crippen LogP contribution in [0, 0.1) is 11.3 Å². The number of halogens is 1.